The average Bonchev–Trinajstić information content (AvgIpc) is 3.70. The molecule has 1 amide bonds. The summed E-state index contributed by atoms with van der Waals surface area (Å²) in [4.78, 5) is 13.3. The van der Waals surface area contributed by atoms with Gasteiger partial charge in [0.15, 0.2) is 11.6 Å². The Labute approximate surface area is 272 Å². The Morgan fingerprint density at radius 3 is 2.28 bits per heavy atom. The molecule has 1 N–H and O–H groups in total. The number of hydrogen-bond donors (Lipinski definition) is 1. The number of nitrogens with one attached hydrogen (secondary N) is 1. The number of carbonyl (C=O) groups is 1. The Balaban J connectivity index is 1.24. The number of halogens is 1. The fourth-order valence-electron chi connectivity index (χ4n) is 8.32. The quantitative estimate of drug-likeness (QED) is 0.174. The number of rotatable bonds is 10. The van der Waals surface area contributed by atoms with E-state index in [1.165, 1.54) is 37.8 Å². The van der Waals surface area contributed by atoms with Crippen molar-refractivity contribution in [1.82, 2.24) is 0 Å². The van der Waals surface area contributed by atoms with Crippen molar-refractivity contribution in [2.24, 2.45) is 29.6 Å². The first kappa shape index (κ1) is 32.9. The van der Waals surface area contributed by atoms with Crippen molar-refractivity contribution in [1.29, 1.82) is 0 Å². The molecule has 3 aromatic carbocycles. The van der Waals surface area contributed by atoms with Crippen LogP contribution in [0, 0.1) is 35.4 Å². The third-order valence-electron chi connectivity index (χ3n) is 10.6. The van der Waals surface area contributed by atoms with Gasteiger partial charge in [0, 0.05) is 17.2 Å². The highest BCUT2D eigenvalue weighted by molar-refractivity contribution is 7.85. The van der Waals surface area contributed by atoms with E-state index in [0.29, 0.717) is 39.1 Å². The van der Waals surface area contributed by atoms with Crippen LogP contribution in [0.4, 0.5) is 10.1 Å². The van der Waals surface area contributed by atoms with Crippen LogP contribution in [-0.2, 0) is 14.9 Å². The van der Waals surface area contributed by atoms with E-state index >= 15 is 4.39 Å². The van der Waals surface area contributed by atoms with Crippen molar-refractivity contribution in [2.75, 3.05) is 5.32 Å². The van der Waals surface area contributed by atoms with Crippen molar-refractivity contribution < 1.29 is 31.6 Å². The molecule has 0 saturated heterocycles. The van der Waals surface area contributed by atoms with Gasteiger partial charge in [-0.05, 0) is 119 Å². The van der Waals surface area contributed by atoms with Crippen molar-refractivity contribution in [3.8, 4) is 5.75 Å². The van der Waals surface area contributed by atoms with Crippen molar-refractivity contribution in [3.63, 3.8) is 0 Å². The fraction of sp³-hybridized carbons (Fsp3) is 0.541. The van der Waals surface area contributed by atoms with E-state index in [1.54, 1.807) is 44.2 Å². The molecule has 3 aromatic rings. The molecule has 3 aliphatic carbocycles. The molecule has 248 valence electrons. The van der Waals surface area contributed by atoms with E-state index in [1.807, 2.05) is 27.7 Å². The lowest BCUT2D eigenvalue weighted by Gasteiger charge is -2.35. The van der Waals surface area contributed by atoms with Crippen molar-refractivity contribution in [3.05, 3.63) is 65.0 Å². The molecule has 6 rings (SSSR count). The molecule has 6 unspecified atom stereocenters. The second-order valence-corrected chi connectivity index (χ2v) is 15.9. The minimum Gasteiger partial charge on any atom is -0.744 e. The fourth-order valence-corrected chi connectivity index (χ4v) is 9.18. The summed E-state index contributed by atoms with van der Waals surface area (Å²) in [6.07, 6.45) is 5.80. The third-order valence-corrected chi connectivity index (χ3v) is 11.5. The predicted molar refractivity (Wildman–Crippen MR) is 176 cm³/mol. The van der Waals surface area contributed by atoms with E-state index in [-0.39, 0.29) is 34.5 Å². The maximum Gasteiger partial charge on any atom is 0.255 e. The van der Waals surface area contributed by atoms with Gasteiger partial charge in [-0.15, -0.1) is 0 Å². The first-order valence-electron chi connectivity index (χ1n) is 16.7. The van der Waals surface area contributed by atoms with Crippen molar-refractivity contribution in [2.45, 2.75) is 103 Å². The number of ether oxygens (including phenoxy) is 2. The molecule has 3 aliphatic rings. The molecule has 46 heavy (non-hydrogen) atoms. The minimum absolute atomic E-state index is 0.0135. The van der Waals surface area contributed by atoms with Gasteiger partial charge in [0.2, 0.25) is 6.29 Å². The molecule has 2 bridgehead atoms. The standard InChI is InChI=1S/C37H46FNO6S/c1-19(2)28-18-35(46(41,42)43)29(20(3)4)17-32(28)39-36(40)23-11-10-22-14-31(38)34(15-24(22)12-23)45-37(21(5)6)44-33-16-25-13-30(33)27-9-7-8-26(25)27/h10-12,14-15,17-21,25-27,30,33,37H,7-9,13,16H2,1-6H3,(H,39,40)(H,41,42,43)/p-1. The molecule has 0 aromatic heterocycles. The van der Waals surface area contributed by atoms with Crippen LogP contribution in [0.5, 0.6) is 5.75 Å². The zero-order valence-electron chi connectivity index (χ0n) is 27.5. The smallest absolute Gasteiger partial charge is 0.255 e. The van der Waals surface area contributed by atoms with Gasteiger partial charge in [-0.25, -0.2) is 12.8 Å². The highest BCUT2D eigenvalue weighted by Crippen LogP contribution is 2.59. The molecule has 0 radical (unpaired) electrons. The normalized spacial score (nSPS) is 24.7. The first-order valence-corrected chi connectivity index (χ1v) is 18.1. The van der Waals surface area contributed by atoms with Crippen LogP contribution in [0.2, 0.25) is 0 Å². The van der Waals surface area contributed by atoms with E-state index in [4.69, 9.17) is 9.47 Å². The molecule has 9 heteroatoms. The monoisotopic (exact) mass is 650 g/mol. The maximum absolute atomic E-state index is 15.3. The number of anilines is 1. The molecular formula is C37H45FNO6S-. The second-order valence-electron chi connectivity index (χ2n) is 14.6. The number of hydrogen-bond acceptors (Lipinski definition) is 6. The highest BCUT2D eigenvalue weighted by Gasteiger charge is 2.54. The van der Waals surface area contributed by atoms with Gasteiger partial charge in [-0.2, -0.15) is 0 Å². The van der Waals surface area contributed by atoms with Gasteiger partial charge in [-0.3, -0.25) is 4.79 Å². The second kappa shape index (κ2) is 12.5. The van der Waals surface area contributed by atoms with E-state index in [2.05, 4.69) is 5.32 Å². The number of carbonyl (C=O) groups excluding carboxylic acids is 1. The van der Waals surface area contributed by atoms with Crippen LogP contribution < -0.4 is 10.1 Å². The lowest BCUT2D eigenvalue weighted by Crippen LogP contribution is -2.37. The van der Waals surface area contributed by atoms with Gasteiger partial charge in [0.25, 0.3) is 5.91 Å². The molecule has 6 atom stereocenters. The summed E-state index contributed by atoms with van der Waals surface area (Å²) in [6, 6.07) is 11.0. The van der Waals surface area contributed by atoms with Crippen molar-refractivity contribution >= 4 is 32.5 Å². The van der Waals surface area contributed by atoms with Crippen LogP contribution in [0.1, 0.15) is 107 Å². The molecule has 3 saturated carbocycles. The summed E-state index contributed by atoms with van der Waals surface area (Å²) in [5.41, 5.74) is 1.68. The van der Waals surface area contributed by atoms with Crippen LogP contribution >= 0.6 is 0 Å². The number of amides is 1. The zero-order valence-corrected chi connectivity index (χ0v) is 28.3. The summed E-state index contributed by atoms with van der Waals surface area (Å²) < 4.78 is 64.3. The largest absolute Gasteiger partial charge is 0.744 e. The van der Waals surface area contributed by atoms with Gasteiger partial charge in [-0.1, -0.05) is 54.0 Å². The summed E-state index contributed by atoms with van der Waals surface area (Å²) in [7, 11) is -4.71. The summed E-state index contributed by atoms with van der Waals surface area (Å²) in [6.45, 7) is 11.4. The topological polar surface area (TPSA) is 105 Å². The Kier molecular flexibility index (Phi) is 8.98. The molecule has 3 fully saturated rings. The molecule has 0 heterocycles. The molecule has 0 aliphatic heterocycles. The van der Waals surface area contributed by atoms with Gasteiger partial charge < -0.3 is 19.3 Å². The van der Waals surface area contributed by atoms with Crippen LogP contribution in [0.25, 0.3) is 10.8 Å². The van der Waals surface area contributed by atoms with E-state index in [9.17, 15) is 17.8 Å². The Morgan fingerprint density at radius 2 is 1.61 bits per heavy atom. The van der Waals surface area contributed by atoms with E-state index in [0.717, 1.165) is 24.2 Å². The number of fused-ring (bicyclic) bond motifs is 6. The van der Waals surface area contributed by atoms with Crippen LogP contribution in [0.3, 0.4) is 0 Å². The molecular weight excluding hydrogens is 605 g/mol. The lowest BCUT2D eigenvalue weighted by molar-refractivity contribution is -0.163. The highest BCUT2D eigenvalue weighted by atomic mass is 32.2. The van der Waals surface area contributed by atoms with Gasteiger partial charge in [0.05, 0.1) is 11.0 Å². The summed E-state index contributed by atoms with van der Waals surface area (Å²) >= 11 is 0. The summed E-state index contributed by atoms with van der Waals surface area (Å²) in [5.74, 6) is 1.70. The zero-order chi connectivity index (χ0) is 33.1. The first-order chi connectivity index (χ1) is 21.7. The average molecular weight is 651 g/mol. The lowest BCUT2D eigenvalue weighted by atomic mass is 9.80. The SMILES string of the molecule is CC(C)c1cc(S(=O)(=O)[O-])c(C(C)C)cc1NC(=O)c1ccc2cc(F)c(OC(OC3CC4CC3C3CCCC43)C(C)C)cc2c1. The van der Waals surface area contributed by atoms with Crippen LogP contribution in [-0.4, -0.2) is 31.3 Å². The third kappa shape index (κ3) is 6.30. The summed E-state index contributed by atoms with van der Waals surface area (Å²) in [5, 5.41) is 4.19. The van der Waals surface area contributed by atoms with E-state index < -0.39 is 28.1 Å². The Morgan fingerprint density at radius 1 is 0.891 bits per heavy atom. The molecule has 0 spiro atoms. The maximum atomic E-state index is 15.3. The number of benzene rings is 3. The van der Waals surface area contributed by atoms with Gasteiger partial charge >= 0.3 is 0 Å². The predicted octanol–water partition coefficient (Wildman–Crippen LogP) is 8.58. The Bertz CT molecular complexity index is 1750. The molecule has 7 nitrogen and oxygen atoms in total. The van der Waals surface area contributed by atoms with Crippen LogP contribution in [0.15, 0.2) is 47.4 Å². The minimum atomic E-state index is -4.71. The van der Waals surface area contributed by atoms with Gasteiger partial charge in [0.1, 0.15) is 10.1 Å². The Hall–Kier alpha value is -3.01.